The molecule has 0 unspecified atom stereocenters. The molecule has 1 saturated carbocycles. The average Bonchev–Trinajstić information content (AvgIpc) is 3.21. The maximum Gasteiger partial charge on any atom is 0.240 e. The van der Waals surface area contributed by atoms with Crippen LogP contribution in [-0.2, 0) is 16.4 Å². The van der Waals surface area contributed by atoms with Crippen LogP contribution in [0.25, 0.3) is 0 Å². The molecule has 3 rings (SSSR count). The van der Waals surface area contributed by atoms with Crippen LogP contribution in [0.15, 0.2) is 47.6 Å². The molecule has 1 aromatic carbocycles. The van der Waals surface area contributed by atoms with E-state index in [-0.39, 0.29) is 11.0 Å². The van der Waals surface area contributed by atoms with Crippen LogP contribution >= 0.6 is 0 Å². The van der Waals surface area contributed by atoms with Crippen LogP contribution in [0.3, 0.4) is 0 Å². The summed E-state index contributed by atoms with van der Waals surface area (Å²) in [5.41, 5.74) is 1.08. The topological polar surface area (TPSA) is 71.2 Å². The van der Waals surface area contributed by atoms with Gasteiger partial charge in [-0.3, -0.25) is 0 Å². The predicted molar refractivity (Wildman–Crippen MR) is 89.0 cm³/mol. The van der Waals surface area contributed by atoms with Gasteiger partial charge in [0.25, 0.3) is 0 Å². The Morgan fingerprint density at radius 1 is 1.13 bits per heavy atom. The highest BCUT2D eigenvalue weighted by Gasteiger charge is 2.17. The Hall–Kier alpha value is -1.79. The van der Waals surface area contributed by atoms with Gasteiger partial charge in [0, 0.05) is 18.9 Å². The van der Waals surface area contributed by atoms with Crippen LogP contribution in [0.2, 0.25) is 0 Å². The molecule has 1 aliphatic carbocycles. The number of hydrogen-bond donors (Lipinski definition) is 2. The number of aromatic nitrogens is 1. The van der Waals surface area contributed by atoms with E-state index in [1.165, 1.54) is 12.8 Å². The van der Waals surface area contributed by atoms with Gasteiger partial charge in [0.15, 0.2) is 0 Å². The summed E-state index contributed by atoms with van der Waals surface area (Å²) in [7, 11) is -3.47. The summed E-state index contributed by atoms with van der Waals surface area (Å²) >= 11 is 0. The quantitative estimate of drug-likeness (QED) is 0.818. The summed E-state index contributed by atoms with van der Waals surface area (Å²) in [5.74, 6) is 0.739. The number of nitrogens with one attached hydrogen (secondary N) is 2. The van der Waals surface area contributed by atoms with Crippen molar-refractivity contribution in [3.8, 4) is 5.75 Å². The molecule has 0 atom stereocenters. The second kappa shape index (κ2) is 7.19. The van der Waals surface area contributed by atoms with E-state index < -0.39 is 10.0 Å². The smallest absolute Gasteiger partial charge is 0.240 e. The Labute approximate surface area is 137 Å². The first-order valence-corrected chi connectivity index (χ1v) is 9.50. The number of ether oxygens (including phenoxy) is 1. The fourth-order valence-electron chi connectivity index (χ4n) is 2.82. The third-order valence-corrected chi connectivity index (χ3v) is 5.58. The van der Waals surface area contributed by atoms with Crippen molar-refractivity contribution in [3.05, 3.63) is 48.3 Å². The zero-order valence-corrected chi connectivity index (χ0v) is 13.8. The van der Waals surface area contributed by atoms with E-state index in [1.807, 2.05) is 18.5 Å². The molecule has 23 heavy (non-hydrogen) atoms. The van der Waals surface area contributed by atoms with E-state index >= 15 is 0 Å². The minimum Gasteiger partial charge on any atom is -0.490 e. The molecule has 0 bridgehead atoms. The van der Waals surface area contributed by atoms with Crippen molar-refractivity contribution in [3.63, 3.8) is 0 Å². The van der Waals surface area contributed by atoms with Gasteiger partial charge in [-0.15, -0.1) is 0 Å². The summed E-state index contributed by atoms with van der Waals surface area (Å²) < 4.78 is 33.0. The number of benzene rings is 1. The summed E-state index contributed by atoms with van der Waals surface area (Å²) in [6.45, 7) is 0.376. The first-order valence-electron chi connectivity index (χ1n) is 8.01. The van der Waals surface area contributed by atoms with Gasteiger partial charge < -0.3 is 9.72 Å². The molecule has 6 heteroatoms. The molecular weight excluding hydrogens is 312 g/mol. The molecule has 0 amide bonds. The molecule has 1 aromatic heterocycles. The number of aromatic amines is 1. The van der Waals surface area contributed by atoms with Crippen molar-refractivity contribution in [2.75, 3.05) is 6.54 Å². The Balaban J connectivity index is 1.56. The molecule has 2 aromatic rings. The normalized spacial score (nSPS) is 15.8. The third-order valence-electron chi connectivity index (χ3n) is 4.11. The molecule has 5 nitrogen and oxygen atoms in total. The Kier molecular flexibility index (Phi) is 5.03. The molecule has 2 N–H and O–H groups in total. The van der Waals surface area contributed by atoms with Crippen LogP contribution in [0.5, 0.6) is 5.75 Å². The highest BCUT2D eigenvalue weighted by Crippen LogP contribution is 2.24. The van der Waals surface area contributed by atoms with Gasteiger partial charge >= 0.3 is 0 Å². The highest BCUT2D eigenvalue weighted by atomic mass is 32.2. The molecule has 0 aliphatic heterocycles. The number of rotatable bonds is 7. The van der Waals surface area contributed by atoms with Crippen LogP contribution in [0, 0.1) is 0 Å². The van der Waals surface area contributed by atoms with E-state index in [0.717, 1.165) is 24.2 Å². The first kappa shape index (κ1) is 16.1. The van der Waals surface area contributed by atoms with E-state index in [2.05, 4.69) is 9.71 Å². The Morgan fingerprint density at radius 3 is 2.52 bits per heavy atom. The largest absolute Gasteiger partial charge is 0.490 e. The number of H-pyrrole nitrogens is 1. The van der Waals surface area contributed by atoms with Crippen LogP contribution < -0.4 is 9.46 Å². The minimum atomic E-state index is -3.47. The summed E-state index contributed by atoms with van der Waals surface area (Å²) in [6.07, 6.45) is 9.21. The van der Waals surface area contributed by atoms with Crippen molar-refractivity contribution in [2.24, 2.45) is 0 Å². The predicted octanol–water partition coefficient (Wildman–Crippen LogP) is 2.86. The van der Waals surface area contributed by atoms with E-state index in [1.54, 1.807) is 24.3 Å². The summed E-state index contributed by atoms with van der Waals surface area (Å²) in [5, 5.41) is 0. The zero-order chi connectivity index (χ0) is 16.1. The SMILES string of the molecule is O=S(=O)(NCCc1cc[nH]c1)c1ccc(OC2CCCC2)cc1. The number of sulfonamides is 1. The van der Waals surface area contributed by atoms with E-state index in [0.29, 0.717) is 13.0 Å². The molecule has 1 fully saturated rings. The molecule has 124 valence electrons. The standard InChI is InChI=1S/C17H22N2O3S/c20-23(21,19-12-10-14-9-11-18-13-14)17-7-5-16(6-8-17)22-15-3-1-2-4-15/h5-9,11,13,15,18-19H,1-4,10,12H2. The van der Waals surface area contributed by atoms with Gasteiger partial charge in [0.2, 0.25) is 10.0 Å². The maximum atomic E-state index is 12.3. The lowest BCUT2D eigenvalue weighted by Crippen LogP contribution is -2.25. The molecule has 0 spiro atoms. The Bertz CT molecular complexity index is 703. The molecule has 1 heterocycles. The Morgan fingerprint density at radius 2 is 1.87 bits per heavy atom. The van der Waals surface area contributed by atoms with Gasteiger partial charge in [-0.1, -0.05) is 0 Å². The van der Waals surface area contributed by atoms with Gasteiger partial charge in [-0.25, -0.2) is 13.1 Å². The summed E-state index contributed by atoms with van der Waals surface area (Å²) in [4.78, 5) is 3.22. The third kappa shape index (κ3) is 4.36. The van der Waals surface area contributed by atoms with Crippen LogP contribution in [-0.4, -0.2) is 26.1 Å². The average molecular weight is 334 g/mol. The fraction of sp³-hybridized carbons (Fsp3) is 0.412. The monoisotopic (exact) mass is 334 g/mol. The minimum absolute atomic E-state index is 0.269. The highest BCUT2D eigenvalue weighted by molar-refractivity contribution is 7.89. The van der Waals surface area contributed by atoms with Gasteiger partial charge in [0.05, 0.1) is 11.0 Å². The van der Waals surface area contributed by atoms with Crippen molar-refractivity contribution in [1.29, 1.82) is 0 Å². The second-order valence-corrected chi connectivity index (χ2v) is 7.63. The van der Waals surface area contributed by atoms with Crippen molar-refractivity contribution in [2.45, 2.75) is 43.1 Å². The summed E-state index contributed by atoms with van der Waals surface area (Å²) in [6, 6.07) is 8.60. The van der Waals surface area contributed by atoms with E-state index in [4.69, 9.17) is 4.74 Å². The maximum absolute atomic E-state index is 12.3. The van der Waals surface area contributed by atoms with Gasteiger partial charge in [-0.05, 0) is 68.0 Å². The zero-order valence-electron chi connectivity index (χ0n) is 13.0. The van der Waals surface area contributed by atoms with Crippen LogP contribution in [0.1, 0.15) is 31.2 Å². The molecular formula is C17H22N2O3S. The fourth-order valence-corrected chi connectivity index (χ4v) is 3.85. The lowest BCUT2D eigenvalue weighted by molar-refractivity contribution is 0.210. The molecule has 0 saturated heterocycles. The molecule has 0 radical (unpaired) electrons. The lowest BCUT2D eigenvalue weighted by atomic mass is 10.2. The van der Waals surface area contributed by atoms with Gasteiger partial charge in [-0.2, -0.15) is 0 Å². The first-order chi connectivity index (χ1) is 11.1. The van der Waals surface area contributed by atoms with Crippen LogP contribution in [0.4, 0.5) is 0 Å². The molecule has 1 aliphatic rings. The lowest BCUT2D eigenvalue weighted by Gasteiger charge is -2.13. The van der Waals surface area contributed by atoms with Crippen molar-refractivity contribution >= 4 is 10.0 Å². The van der Waals surface area contributed by atoms with E-state index in [9.17, 15) is 8.42 Å². The van der Waals surface area contributed by atoms with Gasteiger partial charge in [0.1, 0.15) is 5.75 Å². The second-order valence-electron chi connectivity index (χ2n) is 5.86. The van der Waals surface area contributed by atoms with Crippen molar-refractivity contribution < 1.29 is 13.2 Å². The van der Waals surface area contributed by atoms with Crippen molar-refractivity contribution in [1.82, 2.24) is 9.71 Å². The number of hydrogen-bond acceptors (Lipinski definition) is 3.